The predicted octanol–water partition coefficient (Wildman–Crippen LogP) is -1.87. The Hall–Kier alpha value is 1.40. The van der Waals surface area contributed by atoms with Crippen molar-refractivity contribution in [2.24, 2.45) is 0 Å². The fourth-order valence-electron chi connectivity index (χ4n) is 0. The molecule has 0 radical (unpaired) electrons. The van der Waals surface area contributed by atoms with Crippen molar-refractivity contribution in [2.45, 2.75) is 0 Å². The van der Waals surface area contributed by atoms with E-state index in [0.717, 1.165) is 0 Å². The molecule has 0 aromatic carbocycles. The topological polar surface area (TPSA) is 80.3 Å². The third-order valence-corrected chi connectivity index (χ3v) is 0. The molecule has 0 aliphatic carbocycles. The van der Waals surface area contributed by atoms with E-state index in [0.29, 0.717) is 0 Å². The van der Waals surface area contributed by atoms with Gasteiger partial charge in [0.1, 0.15) is 0 Å². The van der Waals surface area contributed by atoms with Crippen molar-refractivity contribution in [3.8, 4) is 0 Å². The maximum absolute atomic E-state index is 8.52. The van der Waals surface area contributed by atoms with Crippen LogP contribution in [0.1, 0.15) is 2.85 Å². The Kier molecular flexibility index (Phi) is 12.5. The largest absolute Gasteiger partial charge is 2.00 e. The van der Waals surface area contributed by atoms with E-state index >= 15 is 0 Å². The van der Waals surface area contributed by atoms with E-state index in [1.165, 1.54) is 0 Å². The van der Waals surface area contributed by atoms with Gasteiger partial charge in [0.25, 0.3) is 0 Å². The van der Waals surface area contributed by atoms with Gasteiger partial charge in [0, 0.05) is 10.4 Å². The summed E-state index contributed by atoms with van der Waals surface area (Å²) in [5, 5.41) is 0. The van der Waals surface area contributed by atoms with Crippen molar-refractivity contribution in [1.29, 1.82) is 0 Å². The Balaban J connectivity index is -0.0000000133. The summed E-state index contributed by atoms with van der Waals surface area (Å²) in [5.74, 6) is 0. The van der Waals surface area contributed by atoms with Crippen molar-refractivity contribution in [1.82, 2.24) is 0 Å². The molecule has 0 amide bonds. The molecule has 0 N–H and O–H groups in total. The molecule has 0 aromatic heterocycles. The third kappa shape index (κ3) is 110. The van der Waals surface area contributed by atoms with Crippen molar-refractivity contribution >= 4 is 56.5 Å². The summed E-state index contributed by atoms with van der Waals surface area (Å²) >= 11 is 0. The van der Waals surface area contributed by atoms with E-state index in [2.05, 4.69) is 0 Å². The van der Waals surface area contributed by atoms with Gasteiger partial charge >= 0.3 is 46.1 Å². The molecule has 7 heteroatoms. The Labute approximate surface area is 76.5 Å². The van der Waals surface area contributed by atoms with Crippen LogP contribution in [0.2, 0.25) is 0 Å². The van der Waals surface area contributed by atoms with Crippen LogP contribution in [0.15, 0.2) is 0 Å². The molecule has 0 bridgehead atoms. The minimum Gasteiger partial charge on any atom is -1.00 e. The van der Waals surface area contributed by atoms with Crippen molar-refractivity contribution < 1.29 is 20.4 Å². The number of rotatable bonds is 0. The molecule has 4 nitrogen and oxygen atoms in total. The van der Waals surface area contributed by atoms with E-state index < -0.39 is 10.4 Å². The zero-order chi connectivity index (χ0) is 4.50. The summed E-state index contributed by atoms with van der Waals surface area (Å²) in [4.78, 5) is 0. The standard InChI is InChI=1S/2Mg.H2O4S.2H/c;;1-5(2,3)4;;/h;;(H2,1,2,3,4);;/q2*+2;;2*-1/p-2. The Morgan fingerprint density at radius 3 is 1.14 bits per heavy atom. The van der Waals surface area contributed by atoms with Gasteiger partial charge in [0.2, 0.25) is 0 Å². The molecule has 0 saturated carbocycles. The first-order valence-corrected chi connectivity index (χ1v) is 2.00. The molecule has 0 aromatic rings. The molecule has 0 unspecified atom stereocenters. The van der Waals surface area contributed by atoms with Gasteiger partial charge in [-0.25, -0.2) is 0 Å². The minimum absolute atomic E-state index is 0. The molecular formula is H2Mg2O4S. The Morgan fingerprint density at radius 2 is 1.14 bits per heavy atom. The second-order valence-electron chi connectivity index (χ2n) is 0.408. The van der Waals surface area contributed by atoms with E-state index in [9.17, 15) is 0 Å². The van der Waals surface area contributed by atoms with Gasteiger partial charge in [-0.05, 0) is 0 Å². The van der Waals surface area contributed by atoms with E-state index in [4.69, 9.17) is 17.5 Å². The fourth-order valence-corrected chi connectivity index (χ4v) is 0. The third-order valence-electron chi connectivity index (χ3n) is 0. The van der Waals surface area contributed by atoms with Crippen LogP contribution in [0.25, 0.3) is 0 Å². The van der Waals surface area contributed by atoms with Crippen LogP contribution in [0.4, 0.5) is 0 Å². The molecule has 36 valence electrons. The first-order valence-electron chi connectivity index (χ1n) is 0.667. The average molecular weight is 147 g/mol. The van der Waals surface area contributed by atoms with Gasteiger partial charge in [0.05, 0.1) is 0 Å². The molecule has 0 fully saturated rings. The van der Waals surface area contributed by atoms with Gasteiger partial charge in [0.15, 0.2) is 0 Å². The molecule has 0 heterocycles. The number of hydrogen-bond acceptors (Lipinski definition) is 4. The van der Waals surface area contributed by atoms with E-state index in [-0.39, 0.29) is 49.0 Å². The van der Waals surface area contributed by atoms with Crippen LogP contribution in [-0.4, -0.2) is 63.6 Å². The van der Waals surface area contributed by atoms with Gasteiger partial charge in [-0.3, -0.25) is 8.42 Å². The molecule has 0 spiro atoms. The maximum atomic E-state index is 8.52. The zero-order valence-electron chi connectivity index (χ0n) is 5.46. The van der Waals surface area contributed by atoms with Crippen LogP contribution < -0.4 is 0 Å². The summed E-state index contributed by atoms with van der Waals surface area (Å²) < 4.78 is 34.1. The molecule has 0 aliphatic rings. The van der Waals surface area contributed by atoms with Gasteiger partial charge in [-0.2, -0.15) is 0 Å². The normalized spacial score (nSPS) is 8.29. The molecule has 0 aliphatic heterocycles. The van der Waals surface area contributed by atoms with Crippen molar-refractivity contribution in [3.63, 3.8) is 0 Å². The van der Waals surface area contributed by atoms with E-state index in [1.54, 1.807) is 0 Å². The molecule has 0 atom stereocenters. The first kappa shape index (κ1) is 15.8. The van der Waals surface area contributed by atoms with Crippen LogP contribution in [0, 0.1) is 0 Å². The quantitative estimate of drug-likeness (QED) is 0.228. The second kappa shape index (κ2) is 5.54. The van der Waals surface area contributed by atoms with E-state index in [1.807, 2.05) is 0 Å². The molecule has 0 rings (SSSR count). The summed E-state index contributed by atoms with van der Waals surface area (Å²) in [7, 11) is -5.17. The van der Waals surface area contributed by atoms with Crippen LogP contribution in [0.3, 0.4) is 0 Å². The summed E-state index contributed by atoms with van der Waals surface area (Å²) in [6.45, 7) is 0. The second-order valence-corrected chi connectivity index (χ2v) is 1.22. The smallest absolute Gasteiger partial charge is 1.00 e. The molecule has 7 heavy (non-hydrogen) atoms. The SMILES string of the molecule is O=S(=O)([O-])[O-].[H-].[H-].[Mg+2].[Mg+2]. The molecular weight excluding hydrogens is 145 g/mol. The van der Waals surface area contributed by atoms with Gasteiger partial charge < -0.3 is 12.0 Å². The van der Waals surface area contributed by atoms with Gasteiger partial charge in [-0.1, -0.05) is 0 Å². The minimum atomic E-state index is -5.17. The monoisotopic (exact) mass is 146 g/mol. The maximum Gasteiger partial charge on any atom is 2.00 e. The average Bonchev–Trinajstić information content (AvgIpc) is 0.722. The Bertz CT molecular complexity index is 99.7. The predicted molar refractivity (Wildman–Crippen MR) is 24.2 cm³/mol. The fraction of sp³-hybridized carbons (Fsp3) is 0. The zero-order valence-corrected chi connectivity index (χ0v) is 7.10. The Morgan fingerprint density at radius 1 is 1.14 bits per heavy atom. The van der Waals surface area contributed by atoms with Crippen molar-refractivity contribution in [3.05, 3.63) is 0 Å². The summed E-state index contributed by atoms with van der Waals surface area (Å²) in [6.07, 6.45) is 0. The van der Waals surface area contributed by atoms with Crippen molar-refractivity contribution in [2.75, 3.05) is 0 Å². The van der Waals surface area contributed by atoms with Crippen LogP contribution in [0.5, 0.6) is 0 Å². The van der Waals surface area contributed by atoms with Crippen LogP contribution in [-0.2, 0) is 10.4 Å². The molecule has 0 saturated heterocycles. The number of hydrogen-bond donors (Lipinski definition) is 0. The summed E-state index contributed by atoms with van der Waals surface area (Å²) in [6, 6.07) is 0. The summed E-state index contributed by atoms with van der Waals surface area (Å²) in [5.41, 5.74) is 0. The van der Waals surface area contributed by atoms with Gasteiger partial charge in [-0.15, -0.1) is 0 Å². The van der Waals surface area contributed by atoms with Crippen LogP contribution >= 0.6 is 0 Å². The first-order chi connectivity index (χ1) is 2.00.